The Hall–Kier alpha value is -2.22. The van der Waals surface area contributed by atoms with Gasteiger partial charge in [0.05, 0.1) is 13.2 Å². The summed E-state index contributed by atoms with van der Waals surface area (Å²) in [6, 6.07) is 10.5. The molecule has 0 spiro atoms. The van der Waals surface area contributed by atoms with E-state index in [4.69, 9.17) is 4.74 Å². The van der Waals surface area contributed by atoms with Crippen LogP contribution in [0, 0.1) is 0 Å². The topological polar surface area (TPSA) is 62.6 Å². The van der Waals surface area contributed by atoms with Crippen molar-refractivity contribution in [3.8, 4) is 0 Å². The number of nitrogens with zero attached hydrogens (tertiary/aromatic N) is 4. The lowest BCUT2D eigenvalue weighted by Crippen LogP contribution is -2.43. The van der Waals surface area contributed by atoms with Crippen LogP contribution in [-0.2, 0) is 31.2 Å². The van der Waals surface area contributed by atoms with E-state index in [1.54, 1.807) is 4.90 Å². The number of benzene rings is 1. The van der Waals surface area contributed by atoms with Gasteiger partial charge < -0.3 is 15.0 Å². The van der Waals surface area contributed by atoms with Crippen LogP contribution < -0.4 is 5.32 Å². The van der Waals surface area contributed by atoms with Gasteiger partial charge in [-0.05, 0) is 24.8 Å². The number of fused-ring (bicyclic) bond motifs is 1. The summed E-state index contributed by atoms with van der Waals surface area (Å²) in [7, 11) is 3.82. The highest BCUT2D eigenvalue weighted by atomic mass is 16.5. The van der Waals surface area contributed by atoms with Crippen LogP contribution in [0.3, 0.4) is 0 Å². The largest absolute Gasteiger partial charge is 0.379 e. The molecule has 1 aromatic carbocycles. The molecule has 1 aliphatic carbocycles. The maximum absolute atomic E-state index is 13.2. The number of rotatable bonds is 7. The second-order valence-electron chi connectivity index (χ2n) is 8.39. The third-order valence-corrected chi connectivity index (χ3v) is 6.23. The van der Waals surface area contributed by atoms with Gasteiger partial charge in [0.2, 0.25) is 0 Å². The van der Waals surface area contributed by atoms with E-state index in [0.29, 0.717) is 18.3 Å². The molecule has 2 aromatic rings. The van der Waals surface area contributed by atoms with Crippen molar-refractivity contribution in [1.29, 1.82) is 0 Å². The summed E-state index contributed by atoms with van der Waals surface area (Å²) in [4.78, 5) is 17.4. The van der Waals surface area contributed by atoms with Gasteiger partial charge in [0, 0.05) is 64.1 Å². The van der Waals surface area contributed by atoms with Crippen molar-refractivity contribution in [2.24, 2.45) is 7.05 Å². The van der Waals surface area contributed by atoms with E-state index >= 15 is 0 Å². The molecule has 1 amide bonds. The quantitative estimate of drug-likeness (QED) is 0.748. The molecule has 30 heavy (non-hydrogen) atoms. The van der Waals surface area contributed by atoms with Gasteiger partial charge in [-0.15, -0.1) is 0 Å². The Kier molecular flexibility index (Phi) is 6.82. The number of aromatic nitrogens is 2. The molecule has 1 atom stereocenters. The first-order chi connectivity index (χ1) is 14.6. The van der Waals surface area contributed by atoms with Crippen molar-refractivity contribution >= 4 is 5.91 Å². The number of morpholine rings is 1. The standard InChI is InChI=1S/C23H33N5O2/c1-26(17-18-6-4-3-5-7-18)23(29)22-20-16-19(8-9-21(20)27(2)25-22)24-10-11-28-12-14-30-15-13-28/h3-7,19,24H,8-17H2,1-2H3. The predicted molar refractivity (Wildman–Crippen MR) is 117 cm³/mol. The molecule has 2 aliphatic rings. The molecule has 1 fully saturated rings. The van der Waals surface area contributed by atoms with Gasteiger partial charge in [0.1, 0.15) is 0 Å². The molecule has 1 unspecified atom stereocenters. The molecule has 2 heterocycles. The highest BCUT2D eigenvalue weighted by Crippen LogP contribution is 2.25. The van der Waals surface area contributed by atoms with Crippen molar-refractivity contribution in [2.75, 3.05) is 46.4 Å². The van der Waals surface area contributed by atoms with Gasteiger partial charge in [-0.3, -0.25) is 14.4 Å². The fraction of sp³-hybridized carbons (Fsp3) is 0.565. The van der Waals surface area contributed by atoms with Gasteiger partial charge in [0.15, 0.2) is 5.69 Å². The van der Waals surface area contributed by atoms with Crippen molar-refractivity contribution in [2.45, 2.75) is 31.8 Å². The molecule has 0 bridgehead atoms. The lowest BCUT2D eigenvalue weighted by atomic mass is 9.91. The minimum Gasteiger partial charge on any atom is -0.379 e. The van der Waals surface area contributed by atoms with Crippen molar-refractivity contribution in [3.05, 3.63) is 52.8 Å². The third kappa shape index (κ3) is 4.91. The molecule has 1 aromatic heterocycles. The van der Waals surface area contributed by atoms with Crippen molar-refractivity contribution in [3.63, 3.8) is 0 Å². The molecule has 162 valence electrons. The molecule has 7 nitrogen and oxygen atoms in total. The summed E-state index contributed by atoms with van der Waals surface area (Å²) in [6.45, 7) is 6.32. The fourth-order valence-corrected chi connectivity index (χ4v) is 4.50. The van der Waals surface area contributed by atoms with Crippen LogP contribution in [0.4, 0.5) is 0 Å². The maximum Gasteiger partial charge on any atom is 0.274 e. The summed E-state index contributed by atoms with van der Waals surface area (Å²) >= 11 is 0. The average Bonchev–Trinajstić information content (AvgIpc) is 3.10. The van der Waals surface area contributed by atoms with Crippen LogP contribution in [-0.4, -0.2) is 78.0 Å². The number of carbonyl (C=O) groups is 1. The Bertz CT molecular complexity index is 845. The van der Waals surface area contributed by atoms with E-state index in [0.717, 1.165) is 69.8 Å². The summed E-state index contributed by atoms with van der Waals surface area (Å²) in [5.41, 5.74) is 4.07. The zero-order valence-corrected chi connectivity index (χ0v) is 18.1. The molecule has 0 saturated carbocycles. The number of aryl methyl sites for hydroxylation is 1. The minimum absolute atomic E-state index is 0.00432. The van der Waals surface area contributed by atoms with Gasteiger partial charge in [-0.25, -0.2) is 0 Å². The molecule has 4 rings (SSSR count). The first-order valence-corrected chi connectivity index (χ1v) is 11.0. The van der Waals surface area contributed by atoms with Crippen LogP contribution in [0.15, 0.2) is 30.3 Å². The minimum atomic E-state index is 0.00432. The first-order valence-electron chi connectivity index (χ1n) is 11.0. The molecule has 1 aliphatic heterocycles. The van der Waals surface area contributed by atoms with E-state index in [1.807, 2.05) is 49.1 Å². The van der Waals surface area contributed by atoms with Crippen molar-refractivity contribution < 1.29 is 9.53 Å². The van der Waals surface area contributed by atoms with Gasteiger partial charge >= 0.3 is 0 Å². The Morgan fingerprint density at radius 1 is 1.27 bits per heavy atom. The van der Waals surface area contributed by atoms with Crippen LogP contribution in [0.5, 0.6) is 0 Å². The Labute approximate surface area is 179 Å². The van der Waals surface area contributed by atoms with E-state index in [-0.39, 0.29) is 5.91 Å². The zero-order chi connectivity index (χ0) is 20.9. The van der Waals surface area contributed by atoms with Crippen molar-refractivity contribution in [1.82, 2.24) is 24.9 Å². The Morgan fingerprint density at radius 3 is 2.80 bits per heavy atom. The number of carbonyl (C=O) groups excluding carboxylic acids is 1. The van der Waals surface area contributed by atoms with E-state index in [2.05, 4.69) is 15.3 Å². The molecular weight excluding hydrogens is 378 g/mol. The SMILES string of the molecule is CN(Cc1ccccc1)C(=O)c1nn(C)c2c1CC(NCCN1CCOCC1)CC2. The van der Waals surface area contributed by atoms with E-state index in [1.165, 1.54) is 5.69 Å². The number of hydrogen-bond acceptors (Lipinski definition) is 5. The van der Waals surface area contributed by atoms with Gasteiger partial charge in [-0.1, -0.05) is 30.3 Å². The predicted octanol–water partition coefficient (Wildman–Crippen LogP) is 1.47. The number of nitrogens with one attached hydrogen (secondary N) is 1. The first kappa shape index (κ1) is 21.0. The monoisotopic (exact) mass is 411 g/mol. The van der Waals surface area contributed by atoms with Gasteiger partial charge in [0.25, 0.3) is 5.91 Å². The van der Waals surface area contributed by atoms with E-state index < -0.39 is 0 Å². The molecule has 7 heteroatoms. The average molecular weight is 412 g/mol. The van der Waals surface area contributed by atoms with Crippen LogP contribution in [0.1, 0.15) is 33.7 Å². The van der Waals surface area contributed by atoms with Crippen LogP contribution >= 0.6 is 0 Å². The summed E-state index contributed by atoms with van der Waals surface area (Å²) in [6.07, 6.45) is 2.92. The third-order valence-electron chi connectivity index (χ3n) is 6.23. The highest BCUT2D eigenvalue weighted by Gasteiger charge is 2.29. The fourth-order valence-electron chi connectivity index (χ4n) is 4.50. The van der Waals surface area contributed by atoms with Gasteiger partial charge in [-0.2, -0.15) is 5.10 Å². The Balaban J connectivity index is 1.37. The highest BCUT2D eigenvalue weighted by molar-refractivity contribution is 5.94. The molecular formula is C23H33N5O2. The Morgan fingerprint density at radius 2 is 2.03 bits per heavy atom. The second kappa shape index (κ2) is 9.73. The van der Waals surface area contributed by atoms with Crippen LogP contribution in [0.25, 0.3) is 0 Å². The maximum atomic E-state index is 13.2. The van der Waals surface area contributed by atoms with Crippen LogP contribution in [0.2, 0.25) is 0 Å². The summed E-state index contributed by atoms with van der Waals surface area (Å²) in [5, 5.41) is 8.33. The summed E-state index contributed by atoms with van der Waals surface area (Å²) < 4.78 is 7.33. The zero-order valence-electron chi connectivity index (χ0n) is 18.1. The normalized spacial score (nSPS) is 19.5. The number of amides is 1. The molecule has 0 radical (unpaired) electrons. The number of hydrogen-bond donors (Lipinski definition) is 1. The van der Waals surface area contributed by atoms with E-state index in [9.17, 15) is 4.79 Å². The smallest absolute Gasteiger partial charge is 0.274 e. The lowest BCUT2D eigenvalue weighted by molar-refractivity contribution is 0.0381. The second-order valence-corrected chi connectivity index (χ2v) is 8.39. The molecule has 1 saturated heterocycles. The number of ether oxygens (including phenoxy) is 1. The lowest BCUT2D eigenvalue weighted by Gasteiger charge is -2.29. The molecule has 1 N–H and O–H groups in total. The summed E-state index contributed by atoms with van der Waals surface area (Å²) in [5.74, 6) is 0.00432.